The minimum absolute atomic E-state index is 0.163. The second-order valence-corrected chi connectivity index (χ2v) is 9.25. The first kappa shape index (κ1) is 24.2. The van der Waals surface area contributed by atoms with Crippen LogP contribution in [0.25, 0.3) is 11.0 Å². The molecule has 6 nitrogen and oxygen atoms in total. The fourth-order valence-electron chi connectivity index (χ4n) is 3.19. The molecule has 1 heterocycles. The van der Waals surface area contributed by atoms with Gasteiger partial charge in [0, 0.05) is 9.86 Å². The van der Waals surface area contributed by atoms with Gasteiger partial charge in [0.1, 0.15) is 18.0 Å². The number of amides is 1. The van der Waals surface area contributed by atoms with Crippen molar-refractivity contribution in [3.63, 3.8) is 0 Å². The predicted molar refractivity (Wildman–Crippen MR) is 140 cm³/mol. The molecule has 0 spiro atoms. The first-order valence-corrected chi connectivity index (χ1v) is 12.2. The van der Waals surface area contributed by atoms with Crippen molar-refractivity contribution in [3.8, 4) is 11.5 Å². The molecule has 4 aromatic rings. The molecule has 0 saturated heterocycles. The van der Waals surface area contributed by atoms with E-state index in [4.69, 9.17) is 13.9 Å². The zero-order valence-corrected chi connectivity index (χ0v) is 21.7. The van der Waals surface area contributed by atoms with Crippen LogP contribution >= 0.6 is 38.5 Å². The quantitative estimate of drug-likeness (QED) is 0.133. The second kappa shape index (κ2) is 11.0. The minimum atomic E-state index is -0.460. The van der Waals surface area contributed by atoms with Crippen molar-refractivity contribution in [2.45, 2.75) is 13.5 Å². The van der Waals surface area contributed by atoms with Crippen molar-refractivity contribution in [1.29, 1.82) is 0 Å². The zero-order valence-electron chi connectivity index (χ0n) is 18.0. The third kappa shape index (κ3) is 5.95. The summed E-state index contributed by atoms with van der Waals surface area (Å²) in [6, 6.07) is 17.0. The van der Waals surface area contributed by atoms with E-state index < -0.39 is 5.91 Å². The van der Waals surface area contributed by atoms with E-state index in [-0.39, 0.29) is 18.2 Å². The lowest BCUT2D eigenvalue weighted by molar-refractivity contribution is 0.0929. The van der Waals surface area contributed by atoms with Crippen LogP contribution in [-0.2, 0) is 6.61 Å². The molecule has 0 aliphatic carbocycles. The number of hydrogen-bond acceptors (Lipinski definition) is 5. The Bertz CT molecular complexity index is 1370. The highest BCUT2D eigenvalue weighted by Crippen LogP contribution is 2.34. The van der Waals surface area contributed by atoms with Gasteiger partial charge in [0.2, 0.25) is 0 Å². The predicted octanol–water partition coefficient (Wildman–Crippen LogP) is 6.68. The molecule has 0 atom stereocenters. The van der Waals surface area contributed by atoms with E-state index in [0.29, 0.717) is 34.8 Å². The molecule has 1 aromatic heterocycles. The summed E-state index contributed by atoms with van der Waals surface area (Å²) in [6.07, 6.45) is 1.51. The Hall–Kier alpha value is -2.92. The third-order valence-electron chi connectivity index (χ3n) is 4.69. The van der Waals surface area contributed by atoms with Crippen molar-refractivity contribution in [1.82, 2.24) is 5.43 Å². The average molecular weight is 637 g/mol. The summed E-state index contributed by atoms with van der Waals surface area (Å²) < 4.78 is 32.4. The molecule has 0 radical (unpaired) electrons. The maximum Gasteiger partial charge on any atom is 0.307 e. The molecule has 174 valence electrons. The van der Waals surface area contributed by atoms with Gasteiger partial charge in [-0.25, -0.2) is 9.82 Å². The van der Waals surface area contributed by atoms with Gasteiger partial charge in [0.15, 0.2) is 17.3 Å². The van der Waals surface area contributed by atoms with E-state index in [0.717, 1.165) is 13.4 Å². The molecule has 0 unspecified atom stereocenters. The molecular weight excluding hydrogens is 618 g/mol. The molecule has 4 rings (SSSR count). The van der Waals surface area contributed by atoms with E-state index in [9.17, 15) is 9.18 Å². The number of halogens is 3. The summed E-state index contributed by atoms with van der Waals surface area (Å²) >= 11 is 5.54. The average Bonchev–Trinajstić information content (AvgIpc) is 3.22. The van der Waals surface area contributed by atoms with Gasteiger partial charge in [-0.15, -0.1) is 0 Å². The lowest BCUT2D eigenvalue weighted by Crippen LogP contribution is -2.16. The molecule has 1 N–H and O–H groups in total. The summed E-state index contributed by atoms with van der Waals surface area (Å²) in [5.41, 5.74) is 4.51. The number of ether oxygens (including phenoxy) is 2. The summed E-state index contributed by atoms with van der Waals surface area (Å²) in [4.78, 5) is 12.4. The van der Waals surface area contributed by atoms with Crippen molar-refractivity contribution in [2.24, 2.45) is 5.10 Å². The highest BCUT2D eigenvalue weighted by Gasteiger charge is 2.14. The Morgan fingerprint density at radius 3 is 2.82 bits per heavy atom. The number of rotatable bonds is 8. The molecule has 3 aromatic carbocycles. The number of hydrazone groups is 1. The van der Waals surface area contributed by atoms with Gasteiger partial charge in [-0.1, -0.05) is 28.1 Å². The Balaban J connectivity index is 1.46. The van der Waals surface area contributed by atoms with Crippen LogP contribution in [0.5, 0.6) is 11.5 Å². The van der Waals surface area contributed by atoms with Gasteiger partial charge in [0.05, 0.1) is 16.4 Å². The first-order valence-electron chi connectivity index (χ1n) is 10.3. The number of hydrogen-bond donors (Lipinski definition) is 1. The van der Waals surface area contributed by atoms with Crippen LogP contribution in [0.1, 0.15) is 28.6 Å². The Morgan fingerprint density at radius 1 is 1.18 bits per heavy atom. The van der Waals surface area contributed by atoms with Gasteiger partial charge in [-0.3, -0.25) is 4.79 Å². The van der Waals surface area contributed by atoms with E-state index >= 15 is 0 Å². The lowest BCUT2D eigenvalue weighted by atomic mass is 10.2. The van der Waals surface area contributed by atoms with E-state index in [1.54, 1.807) is 30.3 Å². The number of benzene rings is 3. The summed E-state index contributed by atoms with van der Waals surface area (Å²) in [5.74, 6) is 0.474. The summed E-state index contributed by atoms with van der Waals surface area (Å²) in [6.45, 7) is 2.51. The van der Waals surface area contributed by atoms with E-state index in [2.05, 4.69) is 49.0 Å². The molecule has 0 bridgehead atoms. The van der Waals surface area contributed by atoms with Crippen LogP contribution in [0, 0.1) is 9.39 Å². The minimum Gasteiger partial charge on any atom is -0.490 e. The Morgan fingerprint density at radius 2 is 2.03 bits per heavy atom. The highest BCUT2D eigenvalue weighted by atomic mass is 127. The SMILES string of the molecule is CCOc1cc(/C=N/NC(=O)c2cc3cc(Br)ccc3o2)cc(I)c1OCc1cccc(F)c1. The number of nitrogens with one attached hydrogen (secondary N) is 1. The fraction of sp³-hybridized carbons (Fsp3) is 0.120. The van der Waals surface area contributed by atoms with Crippen LogP contribution in [0.15, 0.2) is 74.7 Å². The maximum atomic E-state index is 13.4. The van der Waals surface area contributed by atoms with Crippen LogP contribution in [0.3, 0.4) is 0 Å². The summed E-state index contributed by atoms with van der Waals surface area (Å²) in [7, 11) is 0. The molecule has 0 aliphatic rings. The van der Waals surface area contributed by atoms with Gasteiger partial charge in [-0.05, 0) is 89.2 Å². The zero-order chi connectivity index (χ0) is 24.1. The number of furan rings is 1. The first-order chi connectivity index (χ1) is 16.4. The topological polar surface area (TPSA) is 73.1 Å². The largest absolute Gasteiger partial charge is 0.490 e. The Labute approximate surface area is 217 Å². The fourth-order valence-corrected chi connectivity index (χ4v) is 4.35. The van der Waals surface area contributed by atoms with Crippen molar-refractivity contribution in [3.05, 3.63) is 91.4 Å². The van der Waals surface area contributed by atoms with Gasteiger partial charge < -0.3 is 13.9 Å². The molecular formula is C25H19BrFIN2O4. The third-order valence-corrected chi connectivity index (χ3v) is 5.98. The monoisotopic (exact) mass is 636 g/mol. The van der Waals surface area contributed by atoms with Crippen LogP contribution < -0.4 is 14.9 Å². The van der Waals surface area contributed by atoms with Gasteiger partial charge >= 0.3 is 5.91 Å². The number of carbonyl (C=O) groups excluding carboxylic acids is 1. The molecule has 9 heteroatoms. The molecule has 1 amide bonds. The Kier molecular flexibility index (Phi) is 7.84. The lowest BCUT2D eigenvalue weighted by Gasteiger charge is -2.14. The van der Waals surface area contributed by atoms with Crippen molar-refractivity contribution < 1.29 is 23.1 Å². The standard InChI is InChI=1S/C25H19BrFIN2O4/c1-2-32-22-10-16(9-20(28)24(22)33-14-15-4-3-5-19(27)8-15)13-29-30-25(31)23-12-17-11-18(26)6-7-21(17)34-23/h3-13H,2,14H2,1H3,(H,30,31)/b29-13+. The van der Waals surface area contributed by atoms with Crippen molar-refractivity contribution in [2.75, 3.05) is 6.61 Å². The molecule has 0 saturated carbocycles. The summed E-state index contributed by atoms with van der Waals surface area (Å²) in [5, 5.41) is 4.86. The van der Waals surface area contributed by atoms with Crippen molar-refractivity contribution >= 4 is 61.6 Å². The number of carbonyl (C=O) groups is 1. The van der Waals surface area contributed by atoms with E-state index in [1.807, 2.05) is 25.1 Å². The van der Waals surface area contributed by atoms with E-state index in [1.165, 1.54) is 18.3 Å². The number of fused-ring (bicyclic) bond motifs is 1. The maximum absolute atomic E-state index is 13.4. The molecule has 0 aliphatic heterocycles. The van der Waals surface area contributed by atoms with Crippen LogP contribution in [0.2, 0.25) is 0 Å². The highest BCUT2D eigenvalue weighted by molar-refractivity contribution is 14.1. The smallest absolute Gasteiger partial charge is 0.307 e. The second-order valence-electron chi connectivity index (χ2n) is 7.17. The molecule has 0 fully saturated rings. The number of nitrogens with zero attached hydrogens (tertiary/aromatic N) is 1. The normalized spacial score (nSPS) is 11.2. The van der Waals surface area contributed by atoms with Gasteiger partial charge in [0.25, 0.3) is 0 Å². The molecule has 34 heavy (non-hydrogen) atoms. The van der Waals surface area contributed by atoms with Gasteiger partial charge in [-0.2, -0.15) is 5.10 Å². The van der Waals surface area contributed by atoms with Crippen LogP contribution in [-0.4, -0.2) is 18.7 Å². The van der Waals surface area contributed by atoms with Crippen LogP contribution in [0.4, 0.5) is 4.39 Å².